The first kappa shape index (κ1) is 27.6. The first-order chi connectivity index (χ1) is 17.8. The monoisotopic (exact) mass is 560 g/mol. The molecule has 2 aromatic carbocycles. The molecular weight excluding hydrogens is 528 g/mol. The number of carbonyl (C=O) groups is 1. The number of hydrogen-bond donors (Lipinski definition) is 1. The van der Waals surface area contributed by atoms with E-state index in [-0.39, 0.29) is 16.0 Å². The van der Waals surface area contributed by atoms with E-state index >= 15 is 0 Å². The van der Waals surface area contributed by atoms with Gasteiger partial charge in [-0.15, -0.1) is 11.3 Å². The zero-order chi connectivity index (χ0) is 26.4. The molecule has 0 spiro atoms. The Labute approximate surface area is 228 Å². The van der Waals surface area contributed by atoms with E-state index < -0.39 is 10.0 Å². The lowest BCUT2D eigenvalue weighted by Crippen LogP contribution is -2.31. The summed E-state index contributed by atoms with van der Waals surface area (Å²) in [5.74, 6) is 0.907. The molecule has 198 valence electrons. The standard InChI is InChI=1S/C28H33ClN2O4S2/c1-3-15-30-37(33,34)27-14-13-26(36-27)24-8-6-5-7-21(24)18-31(28(32)20-9-10-20)19-22-17-23(29)11-12-25(22)35-16-4-2/h5-8,11-14,17,20,30H,3-4,9-10,15-16,18-19H2,1-2H3. The summed E-state index contributed by atoms with van der Waals surface area (Å²) in [7, 11) is -3.54. The van der Waals surface area contributed by atoms with Crippen molar-refractivity contribution < 1.29 is 17.9 Å². The highest BCUT2D eigenvalue weighted by atomic mass is 35.5. The number of rotatable bonds is 13. The molecule has 37 heavy (non-hydrogen) atoms. The van der Waals surface area contributed by atoms with Crippen molar-refractivity contribution in [2.24, 2.45) is 5.92 Å². The van der Waals surface area contributed by atoms with Crippen molar-refractivity contribution >= 4 is 38.9 Å². The summed E-state index contributed by atoms with van der Waals surface area (Å²) in [5, 5.41) is 0.599. The Morgan fingerprint density at radius 2 is 1.81 bits per heavy atom. The van der Waals surface area contributed by atoms with Gasteiger partial charge >= 0.3 is 0 Å². The van der Waals surface area contributed by atoms with Crippen LogP contribution in [0.2, 0.25) is 5.02 Å². The maximum atomic E-state index is 13.4. The molecule has 1 fully saturated rings. The van der Waals surface area contributed by atoms with Crippen molar-refractivity contribution in [2.45, 2.75) is 56.8 Å². The second-order valence-electron chi connectivity index (χ2n) is 9.24. The van der Waals surface area contributed by atoms with Gasteiger partial charge in [0.25, 0.3) is 0 Å². The summed E-state index contributed by atoms with van der Waals surface area (Å²) in [5.41, 5.74) is 2.76. The van der Waals surface area contributed by atoms with E-state index in [1.54, 1.807) is 12.1 Å². The van der Waals surface area contributed by atoms with Gasteiger partial charge in [-0.2, -0.15) is 0 Å². The van der Waals surface area contributed by atoms with Crippen molar-refractivity contribution in [1.82, 2.24) is 9.62 Å². The molecule has 3 aromatic rings. The summed E-state index contributed by atoms with van der Waals surface area (Å²) in [6.07, 6.45) is 3.42. The quantitative estimate of drug-likeness (QED) is 0.259. The van der Waals surface area contributed by atoms with E-state index in [0.717, 1.165) is 53.0 Å². The second-order valence-corrected chi connectivity index (χ2v) is 12.8. The third-order valence-electron chi connectivity index (χ3n) is 6.12. The number of sulfonamides is 1. The lowest BCUT2D eigenvalue weighted by atomic mass is 10.0. The predicted molar refractivity (Wildman–Crippen MR) is 149 cm³/mol. The second kappa shape index (κ2) is 12.4. The van der Waals surface area contributed by atoms with Gasteiger partial charge in [0, 0.05) is 41.0 Å². The molecule has 6 nitrogen and oxygen atoms in total. The first-order valence-corrected chi connectivity index (χ1v) is 15.4. The molecule has 0 saturated heterocycles. The number of amides is 1. The van der Waals surface area contributed by atoms with Gasteiger partial charge in [0.2, 0.25) is 15.9 Å². The van der Waals surface area contributed by atoms with Gasteiger partial charge in [-0.25, -0.2) is 13.1 Å². The molecule has 1 saturated carbocycles. The van der Waals surface area contributed by atoms with Crippen LogP contribution in [0.1, 0.15) is 50.7 Å². The maximum Gasteiger partial charge on any atom is 0.250 e. The highest BCUT2D eigenvalue weighted by Crippen LogP contribution is 2.36. The predicted octanol–water partition coefficient (Wildman–Crippen LogP) is 6.48. The SMILES string of the molecule is CCCNS(=O)(=O)c1ccc(-c2ccccc2CN(Cc2cc(Cl)ccc2OCCC)C(=O)C2CC2)s1. The highest BCUT2D eigenvalue weighted by Gasteiger charge is 2.34. The maximum absolute atomic E-state index is 13.4. The third-order valence-corrected chi connectivity index (χ3v) is 9.42. The van der Waals surface area contributed by atoms with Crippen molar-refractivity contribution in [3.05, 3.63) is 70.7 Å². The topological polar surface area (TPSA) is 75.7 Å². The smallest absolute Gasteiger partial charge is 0.250 e. The molecule has 1 amide bonds. The average Bonchev–Trinajstić information content (AvgIpc) is 3.62. The molecule has 1 N–H and O–H groups in total. The van der Waals surface area contributed by atoms with E-state index in [9.17, 15) is 13.2 Å². The van der Waals surface area contributed by atoms with Crippen LogP contribution < -0.4 is 9.46 Å². The van der Waals surface area contributed by atoms with Crippen molar-refractivity contribution in [3.63, 3.8) is 0 Å². The number of halogens is 1. The molecule has 0 aliphatic heterocycles. The number of benzene rings is 2. The van der Waals surface area contributed by atoms with Crippen LogP contribution in [0.5, 0.6) is 5.75 Å². The van der Waals surface area contributed by atoms with Crippen LogP contribution in [-0.4, -0.2) is 32.4 Å². The van der Waals surface area contributed by atoms with Gasteiger partial charge in [-0.1, -0.05) is 49.7 Å². The van der Waals surface area contributed by atoms with E-state index in [4.69, 9.17) is 16.3 Å². The summed E-state index contributed by atoms with van der Waals surface area (Å²) < 4.78 is 34.1. The summed E-state index contributed by atoms with van der Waals surface area (Å²) >= 11 is 7.55. The normalized spacial score (nSPS) is 13.5. The number of nitrogens with one attached hydrogen (secondary N) is 1. The molecular formula is C28H33ClN2O4S2. The Balaban J connectivity index is 1.63. The number of hydrogen-bond acceptors (Lipinski definition) is 5. The minimum atomic E-state index is -3.54. The van der Waals surface area contributed by atoms with Crippen LogP contribution in [-0.2, 0) is 27.9 Å². The van der Waals surface area contributed by atoms with Crippen molar-refractivity contribution in [1.29, 1.82) is 0 Å². The molecule has 4 rings (SSSR count). The van der Waals surface area contributed by atoms with E-state index in [0.29, 0.717) is 31.3 Å². The minimum absolute atomic E-state index is 0.0504. The van der Waals surface area contributed by atoms with Crippen LogP contribution in [0, 0.1) is 5.92 Å². The third kappa shape index (κ3) is 7.13. The molecule has 0 atom stereocenters. The molecule has 1 heterocycles. The van der Waals surface area contributed by atoms with Crippen molar-refractivity contribution in [3.8, 4) is 16.2 Å². The Bertz CT molecular complexity index is 1340. The fourth-order valence-electron chi connectivity index (χ4n) is 4.05. The van der Waals surface area contributed by atoms with Crippen molar-refractivity contribution in [2.75, 3.05) is 13.2 Å². The number of carbonyl (C=O) groups excluding carboxylic acids is 1. The minimum Gasteiger partial charge on any atom is -0.493 e. The van der Waals surface area contributed by atoms with E-state index in [1.165, 1.54) is 11.3 Å². The lowest BCUT2D eigenvalue weighted by Gasteiger charge is -2.25. The summed E-state index contributed by atoms with van der Waals surface area (Å²) in [6, 6.07) is 16.9. The molecule has 1 aliphatic carbocycles. The van der Waals surface area contributed by atoms with E-state index in [2.05, 4.69) is 11.6 Å². The fraction of sp³-hybridized carbons (Fsp3) is 0.393. The Morgan fingerprint density at radius 1 is 1.05 bits per heavy atom. The Morgan fingerprint density at radius 3 is 2.54 bits per heavy atom. The lowest BCUT2D eigenvalue weighted by molar-refractivity contribution is -0.133. The first-order valence-electron chi connectivity index (χ1n) is 12.7. The Kier molecular flexibility index (Phi) is 9.29. The average molecular weight is 561 g/mol. The van der Waals surface area contributed by atoms with E-state index in [1.807, 2.05) is 54.3 Å². The molecule has 1 aliphatic rings. The van der Waals surface area contributed by atoms with Crippen LogP contribution in [0.25, 0.3) is 10.4 Å². The molecule has 0 radical (unpaired) electrons. The van der Waals surface area contributed by atoms with Gasteiger partial charge in [0.05, 0.1) is 6.61 Å². The molecule has 0 unspecified atom stereocenters. The number of nitrogens with zero attached hydrogens (tertiary/aromatic N) is 1. The summed E-state index contributed by atoms with van der Waals surface area (Å²) in [4.78, 5) is 16.1. The summed E-state index contributed by atoms with van der Waals surface area (Å²) in [6.45, 7) is 5.75. The number of thiophene rings is 1. The Hall–Kier alpha value is -2.39. The van der Waals surface area contributed by atoms with Gasteiger partial charge in [0.15, 0.2) is 0 Å². The van der Waals surface area contributed by atoms with Gasteiger partial charge < -0.3 is 9.64 Å². The van der Waals surface area contributed by atoms with Gasteiger partial charge in [-0.05, 0) is 67.1 Å². The van der Waals surface area contributed by atoms with Crippen LogP contribution in [0.3, 0.4) is 0 Å². The van der Waals surface area contributed by atoms with Gasteiger partial charge in [0.1, 0.15) is 9.96 Å². The largest absolute Gasteiger partial charge is 0.493 e. The molecule has 9 heteroatoms. The van der Waals surface area contributed by atoms with Crippen LogP contribution in [0.15, 0.2) is 58.8 Å². The highest BCUT2D eigenvalue weighted by molar-refractivity contribution is 7.91. The zero-order valence-electron chi connectivity index (χ0n) is 21.2. The van der Waals surface area contributed by atoms with Gasteiger partial charge in [-0.3, -0.25) is 4.79 Å². The van der Waals surface area contributed by atoms with Crippen LogP contribution >= 0.6 is 22.9 Å². The molecule has 1 aromatic heterocycles. The zero-order valence-corrected chi connectivity index (χ0v) is 23.6. The fourth-order valence-corrected chi connectivity index (χ4v) is 6.79. The number of ether oxygens (including phenoxy) is 1. The van der Waals surface area contributed by atoms with Crippen LogP contribution in [0.4, 0.5) is 0 Å². The molecule has 0 bridgehead atoms.